The van der Waals surface area contributed by atoms with Crippen LogP contribution in [0.15, 0.2) is 34.9 Å². The maximum absolute atomic E-state index is 12.3. The Morgan fingerprint density at radius 3 is 2.71 bits per heavy atom. The SMILES string of the molecule is COc1ccccc1[C@H]1C(C#N)=C(SCC(N)=O)NC(=O)[C@H]1C#N. The Kier molecular flexibility index (Phi) is 5.46. The summed E-state index contributed by atoms with van der Waals surface area (Å²) in [6.07, 6.45) is 0. The van der Waals surface area contributed by atoms with E-state index in [1.807, 2.05) is 12.1 Å². The van der Waals surface area contributed by atoms with Gasteiger partial charge in [0.25, 0.3) is 0 Å². The molecule has 3 N–H and O–H groups in total. The van der Waals surface area contributed by atoms with E-state index in [0.29, 0.717) is 11.3 Å². The third kappa shape index (κ3) is 3.34. The molecule has 0 fully saturated rings. The third-order valence-electron chi connectivity index (χ3n) is 3.50. The fourth-order valence-corrected chi connectivity index (χ4v) is 3.27. The fourth-order valence-electron chi connectivity index (χ4n) is 2.49. The normalized spacial score (nSPS) is 19.9. The number of hydrogen-bond acceptors (Lipinski definition) is 6. The molecule has 1 aliphatic rings. The molecular formula is C16H14N4O3S. The van der Waals surface area contributed by atoms with E-state index in [2.05, 4.69) is 5.32 Å². The van der Waals surface area contributed by atoms with Crippen molar-refractivity contribution in [2.24, 2.45) is 11.7 Å². The van der Waals surface area contributed by atoms with Gasteiger partial charge in [-0.15, -0.1) is 0 Å². The number of carbonyl (C=O) groups excluding carboxylic acids is 2. The molecule has 0 saturated heterocycles. The number of hydrogen-bond donors (Lipinski definition) is 2. The number of nitrogens with zero attached hydrogens (tertiary/aromatic N) is 2. The first-order valence-corrected chi connectivity index (χ1v) is 7.90. The van der Waals surface area contributed by atoms with Gasteiger partial charge < -0.3 is 15.8 Å². The van der Waals surface area contributed by atoms with Crippen molar-refractivity contribution in [2.45, 2.75) is 5.92 Å². The topological polar surface area (TPSA) is 129 Å². The molecule has 0 spiro atoms. The minimum Gasteiger partial charge on any atom is -0.496 e. The molecular weight excluding hydrogens is 328 g/mol. The molecule has 0 radical (unpaired) electrons. The highest BCUT2D eigenvalue weighted by Crippen LogP contribution is 2.42. The summed E-state index contributed by atoms with van der Waals surface area (Å²) in [4.78, 5) is 23.3. The van der Waals surface area contributed by atoms with Gasteiger partial charge in [-0.1, -0.05) is 30.0 Å². The van der Waals surface area contributed by atoms with Gasteiger partial charge in [-0.3, -0.25) is 9.59 Å². The van der Waals surface area contributed by atoms with Crippen LogP contribution in [-0.2, 0) is 9.59 Å². The van der Waals surface area contributed by atoms with Crippen LogP contribution in [0, 0.1) is 28.6 Å². The van der Waals surface area contributed by atoms with Crippen molar-refractivity contribution < 1.29 is 14.3 Å². The molecule has 7 nitrogen and oxygen atoms in total. The second-order valence-corrected chi connectivity index (χ2v) is 5.91. The van der Waals surface area contributed by atoms with Crippen LogP contribution in [0.3, 0.4) is 0 Å². The summed E-state index contributed by atoms with van der Waals surface area (Å²) in [6.45, 7) is 0. The molecule has 24 heavy (non-hydrogen) atoms. The Bertz CT molecular complexity index is 791. The van der Waals surface area contributed by atoms with E-state index in [9.17, 15) is 20.1 Å². The quantitative estimate of drug-likeness (QED) is 0.821. The van der Waals surface area contributed by atoms with Gasteiger partial charge in [0.15, 0.2) is 0 Å². The van der Waals surface area contributed by atoms with E-state index in [4.69, 9.17) is 10.5 Å². The molecule has 8 heteroatoms. The Labute approximate surface area is 143 Å². The maximum atomic E-state index is 12.3. The first kappa shape index (κ1) is 17.4. The first-order chi connectivity index (χ1) is 11.5. The molecule has 0 unspecified atom stereocenters. The van der Waals surface area contributed by atoms with Crippen LogP contribution in [-0.4, -0.2) is 24.7 Å². The number of allylic oxidation sites excluding steroid dienone is 1. The Morgan fingerprint density at radius 2 is 2.12 bits per heavy atom. The second-order valence-electron chi connectivity index (χ2n) is 4.93. The summed E-state index contributed by atoms with van der Waals surface area (Å²) in [7, 11) is 1.47. The van der Waals surface area contributed by atoms with Gasteiger partial charge in [0.05, 0.1) is 41.5 Å². The maximum Gasteiger partial charge on any atom is 0.243 e. The van der Waals surface area contributed by atoms with Gasteiger partial charge in [-0.25, -0.2) is 0 Å². The predicted molar refractivity (Wildman–Crippen MR) is 87.3 cm³/mol. The highest BCUT2D eigenvalue weighted by Gasteiger charge is 2.40. The number of nitrogens with one attached hydrogen (secondary N) is 1. The molecule has 2 rings (SSSR count). The lowest BCUT2D eigenvalue weighted by Gasteiger charge is -2.29. The minimum absolute atomic E-state index is 0.0866. The number of methoxy groups -OCH3 is 1. The molecule has 2 amide bonds. The Morgan fingerprint density at radius 1 is 1.42 bits per heavy atom. The largest absolute Gasteiger partial charge is 0.496 e. The lowest BCUT2D eigenvalue weighted by Crippen LogP contribution is -2.39. The number of benzene rings is 1. The molecule has 1 aromatic rings. The average Bonchev–Trinajstić information content (AvgIpc) is 2.59. The summed E-state index contributed by atoms with van der Waals surface area (Å²) in [6, 6.07) is 10.9. The molecule has 1 aromatic carbocycles. The summed E-state index contributed by atoms with van der Waals surface area (Å²) in [5, 5.41) is 21.8. The summed E-state index contributed by atoms with van der Waals surface area (Å²) in [5.41, 5.74) is 5.90. The number of carbonyl (C=O) groups is 2. The van der Waals surface area contributed by atoms with Crippen molar-refractivity contribution in [1.29, 1.82) is 10.5 Å². The monoisotopic (exact) mass is 342 g/mol. The number of thioether (sulfide) groups is 1. The van der Waals surface area contributed by atoms with Gasteiger partial charge in [-0.05, 0) is 6.07 Å². The van der Waals surface area contributed by atoms with E-state index in [0.717, 1.165) is 11.8 Å². The van der Waals surface area contributed by atoms with Crippen LogP contribution in [0.5, 0.6) is 5.75 Å². The number of para-hydroxylation sites is 1. The predicted octanol–water partition coefficient (Wildman–Crippen LogP) is 1.00. The molecule has 0 saturated carbocycles. The number of nitrogens with two attached hydrogens (primary N) is 1. The first-order valence-electron chi connectivity index (χ1n) is 6.92. The van der Waals surface area contributed by atoms with Gasteiger partial charge in [-0.2, -0.15) is 10.5 Å². The van der Waals surface area contributed by atoms with Gasteiger partial charge in [0.1, 0.15) is 11.7 Å². The van der Waals surface area contributed by atoms with Crippen LogP contribution in [0.25, 0.3) is 0 Å². The molecule has 2 atom stereocenters. The standard InChI is InChI=1S/C16H14N4O3S/c1-23-12-5-3-2-4-9(12)14-10(6-17)15(22)20-16(11(14)7-18)24-8-13(19)21/h2-5,10,14H,8H2,1H3,(H2,19,21)(H,20,22)/t10-,14+/m0/s1. The van der Waals surface area contributed by atoms with E-state index >= 15 is 0 Å². The van der Waals surface area contributed by atoms with E-state index in [1.165, 1.54) is 7.11 Å². The zero-order valence-electron chi connectivity index (χ0n) is 12.8. The van der Waals surface area contributed by atoms with Crippen molar-refractivity contribution in [3.63, 3.8) is 0 Å². The van der Waals surface area contributed by atoms with Crippen LogP contribution in [0.1, 0.15) is 11.5 Å². The molecule has 0 bridgehead atoms. The number of ether oxygens (including phenoxy) is 1. The van der Waals surface area contributed by atoms with Crippen molar-refractivity contribution in [3.8, 4) is 17.9 Å². The molecule has 0 aromatic heterocycles. The van der Waals surface area contributed by atoms with E-state index < -0.39 is 23.7 Å². The molecule has 0 aliphatic carbocycles. The van der Waals surface area contributed by atoms with Gasteiger partial charge in [0.2, 0.25) is 11.8 Å². The summed E-state index contributed by atoms with van der Waals surface area (Å²) >= 11 is 0.967. The average molecular weight is 342 g/mol. The smallest absolute Gasteiger partial charge is 0.243 e. The Balaban J connectivity index is 2.60. The highest BCUT2D eigenvalue weighted by atomic mass is 32.2. The zero-order valence-corrected chi connectivity index (χ0v) is 13.6. The third-order valence-corrected chi connectivity index (χ3v) is 4.54. The number of rotatable bonds is 5. The van der Waals surface area contributed by atoms with Crippen molar-refractivity contribution in [2.75, 3.05) is 12.9 Å². The number of primary amides is 1. The van der Waals surface area contributed by atoms with Gasteiger partial charge >= 0.3 is 0 Å². The lowest BCUT2D eigenvalue weighted by atomic mass is 9.79. The zero-order chi connectivity index (χ0) is 17.7. The van der Waals surface area contributed by atoms with Crippen LogP contribution in [0.4, 0.5) is 0 Å². The van der Waals surface area contributed by atoms with Crippen LogP contribution >= 0.6 is 11.8 Å². The lowest BCUT2D eigenvalue weighted by molar-refractivity contribution is -0.123. The molecule has 1 aliphatic heterocycles. The number of amides is 2. The second kappa shape index (κ2) is 7.53. The molecule has 1 heterocycles. The Hall–Kier alpha value is -2.97. The van der Waals surface area contributed by atoms with Gasteiger partial charge in [0, 0.05) is 5.56 Å². The summed E-state index contributed by atoms with van der Waals surface area (Å²) in [5.74, 6) is -2.57. The van der Waals surface area contributed by atoms with Crippen LogP contribution in [0.2, 0.25) is 0 Å². The highest BCUT2D eigenvalue weighted by molar-refractivity contribution is 8.03. The fraction of sp³-hybridized carbons (Fsp3) is 0.250. The van der Waals surface area contributed by atoms with Crippen molar-refractivity contribution in [1.82, 2.24) is 5.32 Å². The van der Waals surface area contributed by atoms with E-state index in [-0.39, 0.29) is 16.4 Å². The van der Waals surface area contributed by atoms with Crippen molar-refractivity contribution in [3.05, 3.63) is 40.4 Å². The molecule has 122 valence electrons. The van der Waals surface area contributed by atoms with Crippen LogP contribution < -0.4 is 15.8 Å². The minimum atomic E-state index is -1.08. The summed E-state index contributed by atoms with van der Waals surface area (Å²) < 4.78 is 5.30. The van der Waals surface area contributed by atoms with Crippen molar-refractivity contribution >= 4 is 23.6 Å². The number of nitriles is 2. The van der Waals surface area contributed by atoms with E-state index in [1.54, 1.807) is 24.3 Å².